The maximum atomic E-state index is 5.95. The van der Waals surface area contributed by atoms with Gasteiger partial charge in [0.15, 0.2) is 5.79 Å². The van der Waals surface area contributed by atoms with Crippen molar-refractivity contribution < 1.29 is 14.2 Å². The summed E-state index contributed by atoms with van der Waals surface area (Å²) in [5, 5.41) is 0. The van der Waals surface area contributed by atoms with Gasteiger partial charge in [0.05, 0.1) is 26.0 Å². The van der Waals surface area contributed by atoms with E-state index < -0.39 is 0 Å². The van der Waals surface area contributed by atoms with Gasteiger partial charge in [-0.1, -0.05) is 6.92 Å². The Bertz CT molecular complexity index is 505. The minimum absolute atomic E-state index is 0.360. The van der Waals surface area contributed by atoms with Crippen molar-refractivity contribution >= 4 is 11.5 Å². The molecule has 1 aromatic heterocycles. The van der Waals surface area contributed by atoms with Gasteiger partial charge in [-0.15, -0.1) is 0 Å². The normalized spacial score (nSPS) is 21.0. The van der Waals surface area contributed by atoms with Crippen molar-refractivity contribution in [3.63, 3.8) is 0 Å². The van der Waals surface area contributed by atoms with Gasteiger partial charge in [0.25, 0.3) is 0 Å². The van der Waals surface area contributed by atoms with Crippen molar-refractivity contribution in [2.24, 2.45) is 0 Å². The highest BCUT2D eigenvalue weighted by atomic mass is 16.7. The van der Waals surface area contributed by atoms with Gasteiger partial charge in [-0.25, -0.2) is 0 Å². The number of pyridine rings is 1. The maximum absolute atomic E-state index is 5.95. The molecular weight excluding hydrogens is 270 g/mol. The van der Waals surface area contributed by atoms with Crippen molar-refractivity contribution in [1.82, 2.24) is 4.98 Å². The first-order valence-corrected chi connectivity index (χ1v) is 7.54. The summed E-state index contributed by atoms with van der Waals surface area (Å²) in [6.07, 6.45) is 2.63. The number of nitrogens with two attached hydrogens (primary N) is 1. The fraction of sp³-hybridized carbons (Fsp3) is 0.667. The van der Waals surface area contributed by atoms with E-state index in [4.69, 9.17) is 19.9 Å². The molecule has 0 atom stereocenters. The maximum Gasteiger partial charge on any atom is 0.238 e. The molecule has 0 aliphatic carbocycles. The van der Waals surface area contributed by atoms with Crippen LogP contribution in [0.4, 0.5) is 11.5 Å². The average Bonchev–Trinajstić information content (AvgIpc) is 2.96. The summed E-state index contributed by atoms with van der Waals surface area (Å²) in [6, 6.07) is 1.97. The lowest BCUT2D eigenvalue weighted by molar-refractivity contribution is -0.169. The third-order valence-corrected chi connectivity index (χ3v) is 4.28. The Balaban J connectivity index is 1.80. The highest BCUT2D eigenvalue weighted by Crippen LogP contribution is 2.35. The fourth-order valence-electron chi connectivity index (χ4n) is 3.09. The van der Waals surface area contributed by atoms with Gasteiger partial charge < -0.3 is 24.8 Å². The van der Waals surface area contributed by atoms with Crippen LogP contribution in [0.5, 0.6) is 5.88 Å². The molecule has 2 N–H and O–H groups in total. The molecule has 0 unspecified atom stereocenters. The highest BCUT2D eigenvalue weighted by Gasteiger charge is 2.40. The number of ether oxygens (including phenoxy) is 3. The highest BCUT2D eigenvalue weighted by molar-refractivity contribution is 5.60. The van der Waals surface area contributed by atoms with Crippen LogP contribution in [0.2, 0.25) is 0 Å². The van der Waals surface area contributed by atoms with Crippen LogP contribution in [-0.2, 0) is 15.9 Å². The van der Waals surface area contributed by atoms with Crippen molar-refractivity contribution in [2.75, 3.05) is 44.0 Å². The van der Waals surface area contributed by atoms with Crippen LogP contribution in [0.1, 0.15) is 25.3 Å². The van der Waals surface area contributed by atoms with E-state index in [1.807, 2.05) is 6.07 Å². The smallest absolute Gasteiger partial charge is 0.238 e. The lowest BCUT2D eigenvalue weighted by Gasteiger charge is -2.38. The molecule has 21 heavy (non-hydrogen) atoms. The molecule has 2 aliphatic rings. The van der Waals surface area contributed by atoms with Crippen molar-refractivity contribution in [2.45, 2.75) is 32.0 Å². The Hall–Kier alpha value is -1.53. The van der Waals surface area contributed by atoms with E-state index in [2.05, 4.69) is 16.8 Å². The Labute approximate surface area is 125 Å². The van der Waals surface area contributed by atoms with Gasteiger partial charge in [0.2, 0.25) is 5.88 Å². The molecule has 0 radical (unpaired) electrons. The zero-order chi connectivity index (χ0) is 14.9. The van der Waals surface area contributed by atoms with E-state index in [0.717, 1.165) is 43.7 Å². The van der Waals surface area contributed by atoms with Crippen LogP contribution in [-0.4, -0.2) is 44.2 Å². The number of hydrogen-bond donors (Lipinski definition) is 1. The van der Waals surface area contributed by atoms with Gasteiger partial charge in [0, 0.05) is 25.9 Å². The van der Waals surface area contributed by atoms with Gasteiger partial charge in [-0.05, 0) is 18.1 Å². The largest absolute Gasteiger partial charge is 0.479 e. The second-order valence-corrected chi connectivity index (χ2v) is 5.52. The molecule has 116 valence electrons. The molecule has 1 spiro atoms. The van der Waals surface area contributed by atoms with Crippen LogP contribution < -0.4 is 15.4 Å². The van der Waals surface area contributed by atoms with Crippen LogP contribution in [0.15, 0.2) is 6.07 Å². The summed E-state index contributed by atoms with van der Waals surface area (Å²) < 4.78 is 16.8. The molecule has 2 aliphatic heterocycles. The van der Waals surface area contributed by atoms with E-state index in [0.29, 0.717) is 24.8 Å². The molecule has 1 aromatic rings. The fourth-order valence-corrected chi connectivity index (χ4v) is 3.09. The summed E-state index contributed by atoms with van der Waals surface area (Å²) in [7, 11) is 1.60. The zero-order valence-electron chi connectivity index (χ0n) is 12.7. The number of nitrogen functional groups attached to an aromatic ring is 1. The number of hydrogen-bond acceptors (Lipinski definition) is 6. The van der Waals surface area contributed by atoms with Gasteiger partial charge >= 0.3 is 0 Å². The number of aryl methyl sites for hydroxylation is 1. The Morgan fingerprint density at radius 1 is 1.33 bits per heavy atom. The average molecular weight is 293 g/mol. The lowest BCUT2D eigenvalue weighted by Crippen LogP contribution is -2.45. The summed E-state index contributed by atoms with van der Waals surface area (Å²) in [5.41, 5.74) is 7.70. The van der Waals surface area contributed by atoms with Crippen LogP contribution in [0.3, 0.4) is 0 Å². The van der Waals surface area contributed by atoms with Gasteiger partial charge in [0.1, 0.15) is 5.82 Å². The van der Waals surface area contributed by atoms with Crippen LogP contribution in [0, 0.1) is 0 Å². The Morgan fingerprint density at radius 3 is 2.57 bits per heavy atom. The van der Waals surface area contributed by atoms with Crippen LogP contribution in [0.25, 0.3) is 0 Å². The predicted octanol–water partition coefficient (Wildman–Crippen LogP) is 1.58. The lowest BCUT2D eigenvalue weighted by atomic mass is 10.0. The van der Waals surface area contributed by atoms with Gasteiger partial charge in [-0.2, -0.15) is 4.98 Å². The molecule has 3 rings (SSSR count). The first-order chi connectivity index (χ1) is 10.2. The molecule has 2 saturated heterocycles. The van der Waals surface area contributed by atoms with Crippen molar-refractivity contribution in [3.05, 3.63) is 11.6 Å². The predicted molar refractivity (Wildman–Crippen MR) is 80.7 cm³/mol. The summed E-state index contributed by atoms with van der Waals surface area (Å²) in [4.78, 5) is 6.87. The number of anilines is 2. The molecule has 6 heteroatoms. The van der Waals surface area contributed by atoms with E-state index in [1.165, 1.54) is 0 Å². The van der Waals surface area contributed by atoms with E-state index in [1.54, 1.807) is 7.11 Å². The third kappa shape index (κ3) is 2.65. The van der Waals surface area contributed by atoms with Crippen molar-refractivity contribution in [3.8, 4) is 5.88 Å². The Morgan fingerprint density at radius 2 is 2.00 bits per heavy atom. The number of piperidine rings is 1. The molecule has 0 amide bonds. The molecule has 0 saturated carbocycles. The number of aromatic nitrogens is 1. The first kappa shape index (κ1) is 14.4. The van der Waals surface area contributed by atoms with E-state index in [9.17, 15) is 0 Å². The topological polar surface area (TPSA) is 69.8 Å². The molecule has 2 fully saturated rings. The zero-order valence-corrected chi connectivity index (χ0v) is 12.7. The van der Waals surface area contributed by atoms with Gasteiger partial charge in [-0.3, -0.25) is 0 Å². The Kier molecular flexibility index (Phi) is 3.91. The molecule has 3 heterocycles. The first-order valence-electron chi connectivity index (χ1n) is 7.54. The quantitative estimate of drug-likeness (QED) is 0.912. The van der Waals surface area contributed by atoms with E-state index in [-0.39, 0.29) is 5.79 Å². The SMILES string of the molecule is CCc1cc(N)c(OC)nc1N1CCC2(CC1)OCCO2. The molecule has 0 bridgehead atoms. The van der Waals surface area contributed by atoms with Crippen LogP contribution >= 0.6 is 0 Å². The van der Waals surface area contributed by atoms with E-state index >= 15 is 0 Å². The summed E-state index contributed by atoms with van der Waals surface area (Å²) in [6.45, 7) is 5.25. The molecule has 0 aromatic carbocycles. The number of rotatable bonds is 3. The standard InChI is InChI=1S/C15H23N3O3/c1-3-11-10-12(16)14(19-2)17-13(11)18-6-4-15(5-7-18)20-8-9-21-15/h10H,3-9,16H2,1-2H3. The minimum atomic E-state index is -0.360. The minimum Gasteiger partial charge on any atom is -0.479 e. The number of methoxy groups -OCH3 is 1. The summed E-state index contributed by atoms with van der Waals surface area (Å²) >= 11 is 0. The third-order valence-electron chi connectivity index (χ3n) is 4.28. The van der Waals surface area contributed by atoms with Crippen molar-refractivity contribution in [1.29, 1.82) is 0 Å². The second kappa shape index (κ2) is 5.69. The monoisotopic (exact) mass is 293 g/mol. The molecular formula is C15H23N3O3. The summed E-state index contributed by atoms with van der Waals surface area (Å²) in [5.74, 6) is 1.10. The molecule has 6 nitrogen and oxygen atoms in total. The number of nitrogens with zero attached hydrogens (tertiary/aromatic N) is 2. The second-order valence-electron chi connectivity index (χ2n) is 5.52.